The van der Waals surface area contributed by atoms with Gasteiger partial charge in [0.25, 0.3) is 0 Å². The second-order valence-electron chi connectivity index (χ2n) is 3.84. The lowest BCUT2D eigenvalue weighted by atomic mass is 9.95. The number of hydrogen-bond donors (Lipinski definition) is 1. The molecule has 0 aromatic carbocycles. The summed E-state index contributed by atoms with van der Waals surface area (Å²) in [5.41, 5.74) is 5.77. The summed E-state index contributed by atoms with van der Waals surface area (Å²) >= 11 is 1.86. The van der Waals surface area contributed by atoms with E-state index >= 15 is 0 Å². The second-order valence-corrected chi connectivity index (χ2v) is 4.82. The summed E-state index contributed by atoms with van der Waals surface area (Å²) in [4.78, 5) is 3.88. The van der Waals surface area contributed by atoms with Crippen molar-refractivity contribution in [2.45, 2.75) is 5.92 Å². The standard InChI is InChI=1S/C10H16N2S/c1-12-6-8(5-11)9(7-12)10-3-2-4-13-10/h2-4,8-9H,5-7,11H2,1H3/t8-,9+/m0/s1. The highest BCUT2D eigenvalue weighted by molar-refractivity contribution is 7.10. The maximum Gasteiger partial charge on any atom is 0.0113 e. The van der Waals surface area contributed by atoms with Gasteiger partial charge >= 0.3 is 0 Å². The smallest absolute Gasteiger partial charge is 0.0113 e. The molecule has 0 bridgehead atoms. The van der Waals surface area contributed by atoms with Gasteiger partial charge in [0.2, 0.25) is 0 Å². The number of rotatable bonds is 2. The fraction of sp³-hybridized carbons (Fsp3) is 0.600. The van der Waals surface area contributed by atoms with Crippen LogP contribution >= 0.6 is 11.3 Å². The third-order valence-electron chi connectivity index (χ3n) is 2.83. The lowest BCUT2D eigenvalue weighted by molar-refractivity contribution is 0.397. The molecule has 2 N–H and O–H groups in total. The molecule has 1 aromatic rings. The SMILES string of the molecule is CN1C[C@H](CN)[C@H](c2cccs2)C1. The first-order valence-electron chi connectivity index (χ1n) is 4.73. The lowest BCUT2D eigenvalue weighted by Gasteiger charge is -2.14. The van der Waals surface area contributed by atoms with Crippen molar-refractivity contribution in [1.82, 2.24) is 4.90 Å². The molecule has 0 aliphatic carbocycles. The Morgan fingerprint density at radius 2 is 2.46 bits per heavy atom. The zero-order valence-corrected chi connectivity index (χ0v) is 8.76. The Bertz CT molecular complexity index is 258. The van der Waals surface area contributed by atoms with Crippen LogP contribution in [-0.2, 0) is 0 Å². The Morgan fingerprint density at radius 1 is 1.62 bits per heavy atom. The molecule has 0 spiro atoms. The van der Waals surface area contributed by atoms with Crippen molar-refractivity contribution in [2.24, 2.45) is 11.7 Å². The largest absolute Gasteiger partial charge is 0.330 e. The van der Waals surface area contributed by atoms with Crippen LogP contribution in [0.1, 0.15) is 10.8 Å². The van der Waals surface area contributed by atoms with Crippen LogP contribution in [-0.4, -0.2) is 31.6 Å². The van der Waals surface area contributed by atoms with Crippen LogP contribution in [0.3, 0.4) is 0 Å². The van der Waals surface area contributed by atoms with E-state index in [4.69, 9.17) is 5.73 Å². The summed E-state index contributed by atoms with van der Waals surface area (Å²) in [7, 11) is 2.18. The first kappa shape index (κ1) is 9.19. The molecular weight excluding hydrogens is 180 g/mol. The van der Waals surface area contributed by atoms with E-state index in [0.717, 1.165) is 13.1 Å². The van der Waals surface area contributed by atoms with Crippen molar-refractivity contribution in [2.75, 3.05) is 26.7 Å². The molecule has 1 fully saturated rings. The molecule has 2 rings (SSSR count). The summed E-state index contributed by atoms with van der Waals surface area (Å²) in [6.45, 7) is 3.13. The minimum atomic E-state index is 0.656. The molecule has 3 heteroatoms. The highest BCUT2D eigenvalue weighted by atomic mass is 32.1. The van der Waals surface area contributed by atoms with Gasteiger partial charge in [0.15, 0.2) is 0 Å². The molecule has 1 aromatic heterocycles. The van der Waals surface area contributed by atoms with Crippen LogP contribution < -0.4 is 5.73 Å². The molecule has 0 unspecified atom stereocenters. The molecule has 2 heterocycles. The maximum absolute atomic E-state index is 5.77. The third-order valence-corrected chi connectivity index (χ3v) is 3.84. The Kier molecular flexibility index (Phi) is 2.67. The van der Waals surface area contributed by atoms with Gasteiger partial charge in [-0.25, -0.2) is 0 Å². The molecule has 1 aliphatic rings. The molecule has 13 heavy (non-hydrogen) atoms. The molecule has 2 atom stereocenters. The van der Waals surface area contributed by atoms with Gasteiger partial charge < -0.3 is 10.6 Å². The van der Waals surface area contributed by atoms with Crippen LogP contribution in [0.25, 0.3) is 0 Å². The minimum Gasteiger partial charge on any atom is -0.330 e. The molecule has 2 nitrogen and oxygen atoms in total. The van der Waals surface area contributed by atoms with E-state index in [2.05, 4.69) is 29.5 Å². The quantitative estimate of drug-likeness (QED) is 0.773. The van der Waals surface area contributed by atoms with Crippen LogP contribution in [0.2, 0.25) is 0 Å². The Morgan fingerprint density at radius 3 is 3.08 bits per heavy atom. The highest BCUT2D eigenvalue weighted by Gasteiger charge is 2.31. The minimum absolute atomic E-state index is 0.656. The van der Waals surface area contributed by atoms with Gasteiger partial charge in [0.05, 0.1) is 0 Å². The van der Waals surface area contributed by atoms with Crippen LogP contribution in [0, 0.1) is 5.92 Å². The third kappa shape index (κ3) is 1.77. The zero-order chi connectivity index (χ0) is 9.26. The Labute approximate surface area is 83.4 Å². The molecule has 0 saturated carbocycles. The van der Waals surface area contributed by atoms with Gasteiger partial charge in [-0.3, -0.25) is 0 Å². The van der Waals surface area contributed by atoms with Crippen LogP contribution in [0.4, 0.5) is 0 Å². The summed E-state index contributed by atoms with van der Waals surface area (Å²) in [5.74, 6) is 1.33. The first-order chi connectivity index (χ1) is 6.31. The van der Waals surface area contributed by atoms with Crippen molar-refractivity contribution >= 4 is 11.3 Å². The van der Waals surface area contributed by atoms with E-state index < -0.39 is 0 Å². The van der Waals surface area contributed by atoms with E-state index in [1.165, 1.54) is 11.4 Å². The average Bonchev–Trinajstić information content (AvgIpc) is 2.71. The van der Waals surface area contributed by atoms with Gasteiger partial charge in [-0.1, -0.05) is 6.07 Å². The van der Waals surface area contributed by atoms with E-state index in [-0.39, 0.29) is 0 Å². The van der Waals surface area contributed by atoms with Crippen molar-refractivity contribution in [3.63, 3.8) is 0 Å². The van der Waals surface area contributed by atoms with Gasteiger partial charge in [0.1, 0.15) is 0 Å². The van der Waals surface area contributed by atoms with Gasteiger partial charge in [0, 0.05) is 23.9 Å². The zero-order valence-electron chi connectivity index (χ0n) is 7.94. The van der Waals surface area contributed by atoms with Crippen molar-refractivity contribution in [3.05, 3.63) is 22.4 Å². The Balaban J connectivity index is 2.14. The number of hydrogen-bond acceptors (Lipinski definition) is 3. The first-order valence-corrected chi connectivity index (χ1v) is 5.61. The van der Waals surface area contributed by atoms with Crippen molar-refractivity contribution in [1.29, 1.82) is 0 Å². The van der Waals surface area contributed by atoms with E-state index in [1.54, 1.807) is 0 Å². The number of nitrogens with zero attached hydrogens (tertiary/aromatic N) is 1. The molecule has 0 radical (unpaired) electrons. The molecule has 0 amide bonds. The number of likely N-dealkylation sites (tertiary alicyclic amines) is 1. The summed E-state index contributed by atoms with van der Waals surface area (Å²) in [6.07, 6.45) is 0. The summed E-state index contributed by atoms with van der Waals surface area (Å²) < 4.78 is 0. The van der Waals surface area contributed by atoms with Gasteiger partial charge in [-0.15, -0.1) is 11.3 Å². The molecule has 72 valence electrons. The Hall–Kier alpha value is -0.380. The van der Waals surface area contributed by atoms with Crippen LogP contribution in [0.15, 0.2) is 17.5 Å². The normalized spacial score (nSPS) is 29.7. The highest BCUT2D eigenvalue weighted by Crippen LogP contribution is 2.33. The monoisotopic (exact) mass is 196 g/mol. The average molecular weight is 196 g/mol. The number of likely N-dealkylation sites (N-methyl/N-ethyl adjacent to an activating group) is 1. The molecule has 1 saturated heterocycles. The van der Waals surface area contributed by atoms with Crippen LogP contribution in [0.5, 0.6) is 0 Å². The second kappa shape index (κ2) is 3.78. The van der Waals surface area contributed by atoms with E-state index in [0.29, 0.717) is 11.8 Å². The maximum atomic E-state index is 5.77. The van der Waals surface area contributed by atoms with E-state index in [1.807, 2.05) is 11.3 Å². The number of thiophene rings is 1. The van der Waals surface area contributed by atoms with E-state index in [9.17, 15) is 0 Å². The fourth-order valence-corrected chi connectivity index (χ4v) is 3.06. The topological polar surface area (TPSA) is 29.3 Å². The molecular formula is C10H16N2S. The summed E-state index contributed by atoms with van der Waals surface area (Å²) in [5, 5.41) is 2.15. The van der Waals surface area contributed by atoms with Crippen molar-refractivity contribution in [3.8, 4) is 0 Å². The molecule has 1 aliphatic heterocycles. The van der Waals surface area contributed by atoms with Crippen molar-refractivity contribution < 1.29 is 0 Å². The predicted molar refractivity (Wildman–Crippen MR) is 57.1 cm³/mol. The van der Waals surface area contributed by atoms with Gasteiger partial charge in [-0.2, -0.15) is 0 Å². The lowest BCUT2D eigenvalue weighted by Crippen LogP contribution is -2.21. The fourth-order valence-electron chi connectivity index (χ4n) is 2.15. The predicted octanol–water partition coefficient (Wildman–Crippen LogP) is 1.35. The number of nitrogens with two attached hydrogens (primary N) is 1. The van der Waals surface area contributed by atoms with Gasteiger partial charge in [-0.05, 0) is 31.0 Å². The summed E-state index contributed by atoms with van der Waals surface area (Å²) in [6, 6.07) is 4.36.